The minimum Gasteiger partial charge on any atom is -0.351 e. The Labute approximate surface area is 665 Å². The molecule has 8 N–H and O–H groups in total. The Morgan fingerprint density at radius 2 is 0.743 bits per heavy atom. The quantitative estimate of drug-likeness (QED) is 0.0316. The van der Waals surface area contributed by atoms with Gasteiger partial charge in [-0.05, 0) is 208 Å². The van der Waals surface area contributed by atoms with Crippen molar-refractivity contribution in [1.82, 2.24) is 56.4 Å². The van der Waals surface area contributed by atoms with Crippen LogP contribution in [0, 0.1) is 0 Å². The van der Waals surface area contributed by atoms with Crippen LogP contribution in [-0.2, 0) is 43.6 Å². The first-order valence-electron chi connectivity index (χ1n) is 35.3. The van der Waals surface area contributed by atoms with Crippen molar-refractivity contribution in [1.29, 1.82) is 0 Å². The molecule has 5 fully saturated rings. The minimum absolute atomic E-state index is 0.0282. The smallest absolute Gasteiger partial charge is 0.251 e. The van der Waals surface area contributed by atoms with Crippen molar-refractivity contribution >= 4 is 164 Å². The molecule has 0 unspecified atom stereocenters. The highest BCUT2D eigenvalue weighted by Gasteiger charge is 2.36. The van der Waals surface area contributed by atoms with E-state index in [0.29, 0.717) is 141 Å². The van der Waals surface area contributed by atoms with E-state index >= 15 is 0 Å². The summed E-state index contributed by atoms with van der Waals surface area (Å²) in [7, 11) is 0. The molecule has 5 aliphatic rings. The molecular formula is C77H88Cl10N12O6. The van der Waals surface area contributed by atoms with Gasteiger partial charge >= 0.3 is 0 Å². The molecule has 105 heavy (non-hydrogen) atoms. The Morgan fingerprint density at radius 3 is 1.10 bits per heavy atom. The third-order valence-corrected chi connectivity index (χ3v) is 21.2. The minimum atomic E-state index is -0.529. The highest BCUT2D eigenvalue weighted by molar-refractivity contribution is 6.42. The molecule has 6 amide bonds. The van der Waals surface area contributed by atoms with Crippen LogP contribution in [0.15, 0.2) is 133 Å². The summed E-state index contributed by atoms with van der Waals surface area (Å²) in [5, 5.41) is 24.5. The molecule has 0 spiro atoms. The summed E-state index contributed by atoms with van der Waals surface area (Å²) < 4.78 is 0. The van der Waals surface area contributed by atoms with E-state index in [-0.39, 0.29) is 72.2 Å². The van der Waals surface area contributed by atoms with Crippen molar-refractivity contribution in [3.63, 3.8) is 0 Å². The summed E-state index contributed by atoms with van der Waals surface area (Å²) in [5.74, 6) is -0.588. The summed E-state index contributed by atoms with van der Waals surface area (Å²) in [5.41, 5.74) is 10.7. The van der Waals surface area contributed by atoms with E-state index in [4.69, 9.17) is 122 Å². The maximum Gasteiger partial charge on any atom is 0.251 e. The molecule has 5 heterocycles. The molecule has 11 rings (SSSR count). The van der Waals surface area contributed by atoms with Crippen molar-refractivity contribution in [2.75, 3.05) is 85.1 Å². The Kier molecular flexibility index (Phi) is 33.6. The first-order valence-corrected chi connectivity index (χ1v) is 39.1. The number of carbonyl (C=O) groups excluding carboxylic acids is 6. The van der Waals surface area contributed by atoms with Crippen LogP contribution in [0.4, 0.5) is 0 Å². The number of benzene rings is 6. The first-order chi connectivity index (χ1) is 50.5. The third kappa shape index (κ3) is 27.7. The van der Waals surface area contributed by atoms with Crippen LogP contribution in [0.5, 0.6) is 0 Å². The van der Waals surface area contributed by atoms with E-state index < -0.39 is 6.04 Å². The Balaban J connectivity index is 0.000000183. The molecule has 0 radical (unpaired) electrons. The van der Waals surface area contributed by atoms with Gasteiger partial charge in [-0.25, -0.2) is 0 Å². The van der Waals surface area contributed by atoms with Crippen LogP contribution in [0.25, 0.3) is 12.2 Å². The van der Waals surface area contributed by atoms with Gasteiger partial charge in [-0.15, -0.1) is 0 Å². The molecule has 0 bridgehead atoms. The average molecular weight is 1630 g/mol. The van der Waals surface area contributed by atoms with Gasteiger partial charge in [0, 0.05) is 155 Å². The maximum absolute atomic E-state index is 13.6. The highest BCUT2D eigenvalue weighted by atomic mass is 35.5. The SMILES string of the molecule is NC[C@@H]1N[C@H](CNC(=O)/C=C/c2ccc(Cl)cc2)CCN(Cc2cc(Cl)cc(Cl)c2)C1=O.O=C(/C=C/c1ccc(Cl)cc1)NC[C@@H]1CCN(Cc2cc(Cl)cc(Cl)c2)C(=O)[C@H](CN2CCCCC2)N1.O=C(NC[C@@H]1CCN(Cc2cc(Cl)cc(Cl)c2)C(=O)[C@H](CN2CCCCC2)N1)c1ccc(Cl)c(Cl)c1. The number of halogens is 10. The highest BCUT2D eigenvalue weighted by Crippen LogP contribution is 2.27. The van der Waals surface area contributed by atoms with E-state index in [1.54, 1.807) is 89.8 Å². The zero-order valence-corrected chi connectivity index (χ0v) is 65.6. The third-order valence-electron chi connectivity index (χ3n) is 18.6. The predicted octanol–water partition coefficient (Wildman–Crippen LogP) is 13.8. The lowest BCUT2D eigenvalue weighted by Gasteiger charge is -2.32. The number of piperidine rings is 2. The summed E-state index contributed by atoms with van der Waals surface area (Å²) in [6.07, 6.45) is 15.6. The molecule has 6 atom stereocenters. The number of rotatable bonds is 22. The summed E-state index contributed by atoms with van der Waals surface area (Å²) in [6.45, 7) is 9.58. The standard InChI is InChI=1S/C28H33Cl3N4O2.C26H30Cl4N4O2.C23H25Cl3N4O2/c29-22-7-4-20(5-8-22)6-9-27(36)32-17-25-10-13-35(18-21-14-23(30)16-24(31)15-21)28(37)26(33-25)19-34-11-2-1-3-12-34;27-19-10-17(11-20(28)13-19)15-34-9-6-21(14-31-25(35)18-4-5-22(29)23(30)12-18)32-24(26(34)36)16-33-7-2-1-3-8-33;24-17-4-1-15(2-5-17)3-6-22(31)28-13-20-7-8-30(23(32)21(12-27)29-20)14-16-9-18(25)11-19(26)10-16/h4-9,14-16,25-26,33H,1-3,10-13,17-19H2,(H,32,36);4-5,10-13,21,24,32H,1-3,6-9,14-16H2,(H,31,35);1-6,9-11,20-21,29H,7-8,12-14,27H2,(H,28,31)/b9-6+;;6-3+/t25-,26-;21-,24-;20-,21-/m000/s1. The van der Waals surface area contributed by atoms with Crippen LogP contribution in [0.3, 0.4) is 0 Å². The number of nitrogens with two attached hydrogens (primary N) is 1. The lowest BCUT2D eigenvalue weighted by Crippen LogP contribution is -2.54. The van der Waals surface area contributed by atoms with Gasteiger partial charge < -0.3 is 62.1 Å². The first kappa shape index (κ1) is 83.3. The number of amides is 6. The molecule has 5 saturated heterocycles. The number of hydrogen-bond acceptors (Lipinski definition) is 12. The van der Waals surface area contributed by atoms with Gasteiger partial charge in [-0.1, -0.05) is 153 Å². The molecule has 562 valence electrons. The Morgan fingerprint density at radius 1 is 0.400 bits per heavy atom. The number of nitrogens with zero attached hydrogens (tertiary/aromatic N) is 5. The lowest BCUT2D eigenvalue weighted by atomic mass is 10.1. The number of carbonyl (C=O) groups is 6. The Hall–Kier alpha value is -5.72. The van der Waals surface area contributed by atoms with Crippen molar-refractivity contribution in [2.24, 2.45) is 5.73 Å². The van der Waals surface area contributed by atoms with E-state index in [1.807, 2.05) is 58.3 Å². The van der Waals surface area contributed by atoms with Crippen molar-refractivity contribution in [3.8, 4) is 0 Å². The molecule has 6 aromatic carbocycles. The van der Waals surface area contributed by atoms with Crippen molar-refractivity contribution in [3.05, 3.63) is 217 Å². The normalized spacial score (nSPS) is 20.7. The number of likely N-dealkylation sites (tertiary alicyclic amines) is 2. The topological polar surface area (TPSA) is 217 Å². The van der Waals surface area contributed by atoms with Crippen LogP contribution >= 0.6 is 116 Å². The zero-order valence-electron chi connectivity index (χ0n) is 58.0. The molecule has 0 aromatic heterocycles. The van der Waals surface area contributed by atoms with Gasteiger partial charge in [0.1, 0.15) is 0 Å². The van der Waals surface area contributed by atoms with Crippen LogP contribution in [0.1, 0.15) is 96.0 Å². The van der Waals surface area contributed by atoms with Gasteiger partial charge in [0.05, 0.1) is 28.2 Å². The molecular weight excluding hydrogens is 1540 g/mol. The second kappa shape index (κ2) is 42.3. The molecule has 5 aliphatic heterocycles. The Bertz CT molecular complexity index is 3920. The van der Waals surface area contributed by atoms with Crippen LogP contribution < -0.4 is 37.6 Å². The summed E-state index contributed by atoms with van der Waals surface area (Å²) in [6, 6.07) is 33.9. The fourth-order valence-electron chi connectivity index (χ4n) is 13.2. The van der Waals surface area contributed by atoms with E-state index in [1.165, 1.54) is 25.0 Å². The second-order valence-electron chi connectivity index (χ2n) is 26.8. The van der Waals surface area contributed by atoms with Crippen LogP contribution in [0.2, 0.25) is 50.2 Å². The number of nitrogens with one attached hydrogen (secondary N) is 6. The van der Waals surface area contributed by atoms with Gasteiger partial charge in [0.25, 0.3) is 5.91 Å². The van der Waals surface area contributed by atoms with Gasteiger partial charge in [0.15, 0.2) is 0 Å². The molecule has 18 nitrogen and oxygen atoms in total. The average Bonchev–Trinajstić information content (AvgIpc) is 1.80. The molecule has 6 aromatic rings. The molecule has 28 heteroatoms. The van der Waals surface area contributed by atoms with Gasteiger partial charge in [-0.2, -0.15) is 0 Å². The van der Waals surface area contributed by atoms with E-state index in [9.17, 15) is 28.8 Å². The number of hydrogen-bond donors (Lipinski definition) is 7. The van der Waals surface area contributed by atoms with Gasteiger partial charge in [0.2, 0.25) is 29.5 Å². The maximum atomic E-state index is 13.6. The predicted molar refractivity (Wildman–Crippen MR) is 427 cm³/mol. The monoisotopic (exact) mass is 1630 g/mol. The van der Waals surface area contributed by atoms with E-state index in [2.05, 4.69) is 41.7 Å². The molecule has 0 aliphatic carbocycles. The summed E-state index contributed by atoms with van der Waals surface area (Å²) >= 11 is 60.8. The largest absolute Gasteiger partial charge is 0.351 e. The summed E-state index contributed by atoms with van der Waals surface area (Å²) in [4.78, 5) is 87.8. The van der Waals surface area contributed by atoms with Crippen LogP contribution in [-0.4, -0.2) is 181 Å². The fourth-order valence-corrected chi connectivity index (χ4v) is 15.5. The molecule has 0 saturated carbocycles. The van der Waals surface area contributed by atoms with Crippen molar-refractivity contribution in [2.45, 2.75) is 114 Å². The zero-order chi connectivity index (χ0) is 74.9. The fraction of sp³-hybridized carbons (Fsp3) is 0.403. The second-order valence-corrected chi connectivity index (χ2v) is 31.1. The lowest BCUT2D eigenvalue weighted by molar-refractivity contribution is -0.134. The van der Waals surface area contributed by atoms with E-state index in [0.717, 1.165) is 86.1 Å². The van der Waals surface area contributed by atoms with Gasteiger partial charge in [-0.3, -0.25) is 28.8 Å². The van der Waals surface area contributed by atoms with Crippen molar-refractivity contribution < 1.29 is 28.8 Å².